The van der Waals surface area contributed by atoms with Gasteiger partial charge in [0.05, 0.1) is 5.92 Å². The van der Waals surface area contributed by atoms with Crippen LogP contribution in [0.25, 0.3) is 0 Å². The Morgan fingerprint density at radius 1 is 1.14 bits per heavy atom. The third kappa shape index (κ3) is 5.63. The number of nitrogens with one attached hydrogen (secondary N) is 1. The molecule has 1 aromatic heterocycles. The summed E-state index contributed by atoms with van der Waals surface area (Å²) in [5, 5.41) is 7.10. The van der Waals surface area contributed by atoms with Gasteiger partial charge >= 0.3 is 6.03 Å². The summed E-state index contributed by atoms with van der Waals surface area (Å²) in [5.74, 6) is -2.49. The fourth-order valence-corrected chi connectivity index (χ4v) is 7.65. The van der Waals surface area contributed by atoms with Gasteiger partial charge in [-0.15, -0.1) is 0 Å². The van der Waals surface area contributed by atoms with Gasteiger partial charge in [-0.25, -0.2) is 18.0 Å². The molecule has 3 heterocycles. The fraction of sp³-hybridized carbons (Fsp3) is 0.774. The molecule has 0 spiro atoms. The maximum Gasteiger partial charge on any atom is 0.318 e. The Hall–Kier alpha value is -2.40. The van der Waals surface area contributed by atoms with Crippen LogP contribution in [0.4, 0.5) is 18.0 Å². The molecule has 3 aliphatic carbocycles. The highest BCUT2D eigenvalue weighted by Crippen LogP contribution is 2.45. The van der Waals surface area contributed by atoms with E-state index in [1.165, 1.54) is 0 Å². The summed E-state index contributed by atoms with van der Waals surface area (Å²) >= 11 is 0. The maximum absolute atomic E-state index is 15.6. The van der Waals surface area contributed by atoms with Crippen molar-refractivity contribution in [2.45, 2.75) is 120 Å². The van der Waals surface area contributed by atoms with E-state index in [9.17, 15) is 9.18 Å². The number of likely N-dealkylation sites (tertiary alicyclic amines) is 1. The minimum absolute atomic E-state index is 0.0489. The predicted octanol–water partition coefficient (Wildman–Crippen LogP) is 5.04. The number of halogens is 3. The zero-order valence-electron chi connectivity index (χ0n) is 25.2. The number of nitrogens with zero attached hydrogens (tertiary/aromatic N) is 5. The third-order valence-corrected chi connectivity index (χ3v) is 10.5. The van der Waals surface area contributed by atoms with Crippen LogP contribution in [0.2, 0.25) is 0 Å². The van der Waals surface area contributed by atoms with E-state index in [4.69, 9.17) is 4.52 Å². The SMILES string of the molecule is CC(C)N1CCN([C@H]2CCCC(F)(F)[C@@H]2NC(=O)N2CCC(C)(c3noc([C@@H]4C[C@@H]4F)n3)CC2C2C=CC=C2)[C@H](C)C1. The predicted molar refractivity (Wildman–Crippen MR) is 153 cm³/mol. The number of alkyl halides is 3. The molecule has 8 nitrogen and oxygen atoms in total. The molecule has 7 atom stereocenters. The molecule has 2 saturated heterocycles. The lowest BCUT2D eigenvalue weighted by Crippen LogP contribution is -2.68. The first-order valence-electron chi connectivity index (χ1n) is 15.7. The second-order valence-corrected chi connectivity index (χ2v) is 13.8. The molecule has 0 aromatic carbocycles. The van der Waals surface area contributed by atoms with Gasteiger partial charge in [-0.3, -0.25) is 9.80 Å². The van der Waals surface area contributed by atoms with E-state index in [-0.39, 0.29) is 30.3 Å². The van der Waals surface area contributed by atoms with Gasteiger partial charge in [0.15, 0.2) is 5.82 Å². The molecule has 0 bridgehead atoms. The van der Waals surface area contributed by atoms with Crippen molar-refractivity contribution < 1.29 is 22.5 Å². The van der Waals surface area contributed by atoms with Gasteiger partial charge in [0.2, 0.25) is 5.89 Å². The van der Waals surface area contributed by atoms with Gasteiger partial charge in [-0.1, -0.05) is 36.4 Å². The molecule has 2 aliphatic heterocycles. The smallest absolute Gasteiger partial charge is 0.318 e. The molecule has 2 amide bonds. The van der Waals surface area contributed by atoms with Gasteiger partial charge in [0, 0.05) is 68.1 Å². The second-order valence-electron chi connectivity index (χ2n) is 13.8. The molecule has 1 aromatic rings. The number of hydrogen-bond donors (Lipinski definition) is 1. The lowest BCUT2D eigenvalue weighted by Gasteiger charge is -2.51. The Bertz CT molecular complexity index is 1190. The van der Waals surface area contributed by atoms with Crippen LogP contribution in [-0.2, 0) is 5.41 Å². The molecule has 1 N–H and O–H groups in total. The Morgan fingerprint density at radius 2 is 1.88 bits per heavy atom. The van der Waals surface area contributed by atoms with Crippen LogP contribution in [0.5, 0.6) is 0 Å². The zero-order chi connectivity index (χ0) is 29.8. The molecule has 2 saturated carbocycles. The number of carbonyl (C=O) groups is 1. The number of urea groups is 1. The van der Waals surface area contributed by atoms with Crippen LogP contribution < -0.4 is 5.32 Å². The highest BCUT2D eigenvalue weighted by Gasteiger charge is 2.53. The molecule has 42 heavy (non-hydrogen) atoms. The molecule has 4 fully saturated rings. The summed E-state index contributed by atoms with van der Waals surface area (Å²) in [4.78, 5) is 24.9. The molecular formula is C31H45F3N6O2. The molecular weight excluding hydrogens is 545 g/mol. The van der Waals surface area contributed by atoms with Crippen molar-refractivity contribution >= 4 is 6.03 Å². The van der Waals surface area contributed by atoms with Crippen LogP contribution in [0, 0.1) is 5.92 Å². The van der Waals surface area contributed by atoms with E-state index in [1.807, 2.05) is 24.3 Å². The van der Waals surface area contributed by atoms with E-state index in [1.54, 1.807) is 4.90 Å². The van der Waals surface area contributed by atoms with E-state index in [2.05, 4.69) is 53.0 Å². The summed E-state index contributed by atoms with van der Waals surface area (Å²) in [6.07, 6.45) is 9.45. The summed E-state index contributed by atoms with van der Waals surface area (Å²) in [7, 11) is 0. The van der Waals surface area contributed by atoms with E-state index >= 15 is 8.78 Å². The molecule has 232 valence electrons. The normalized spacial score (nSPS) is 37.5. The van der Waals surface area contributed by atoms with Gasteiger partial charge in [0.25, 0.3) is 5.92 Å². The fourth-order valence-electron chi connectivity index (χ4n) is 7.65. The summed E-state index contributed by atoms with van der Waals surface area (Å²) in [6.45, 7) is 11.2. The lowest BCUT2D eigenvalue weighted by molar-refractivity contribution is -0.105. The number of carbonyl (C=O) groups excluding carboxylic acids is 1. The Kier molecular flexibility index (Phi) is 7.96. The van der Waals surface area contributed by atoms with Crippen LogP contribution >= 0.6 is 0 Å². The number of allylic oxidation sites excluding steroid dienone is 2. The number of piperazine rings is 1. The summed E-state index contributed by atoms with van der Waals surface area (Å²) in [6, 6.07) is -1.83. The van der Waals surface area contributed by atoms with E-state index < -0.39 is 35.6 Å². The zero-order valence-corrected chi connectivity index (χ0v) is 25.2. The quantitative estimate of drug-likeness (QED) is 0.501. The first kappa shape index (κ1) is 29.7. The average molecular weight is 591 g/mol. The van der Waals surface area contributed by atoms with Crippen molar-refractivity contribution in [1.82, 2.24) is 30.2 Å². The summed E-state index contributed by atoms with van der Waals surface area (Å²) < 4.78 is 50.3. The highest BCUT2D eigenvalue weighted by molar-refractivity contribution is 5.75. The largest absolute Gasteiger partial charge is 0.339 e. The highest BCUT2D eigenvalue weighted by atomic mass is 19.3. The standard InChI is InChI=1S/C31H45F3N6O2/c1-19(2)38-14-15-39(20(3)18-38)24-10-7-11-31(33,34)26(24)35-29(41)40-13-12-30(4,17-25(40)21-8-5-6-9-21)28-36-27(42-37-28)22-16-23(22)32/h5-6,8-9,19-26H,7,10-18H2,1-4H3,(H,35,41)/t20-,22-,23+,24+,25?,26-,30?/m1/s1. The van der Waals surface area contributed by atoms with Crippen LogP contribution in [0.15, 0.2) is 28.8 Å². The van der Waals surface area contributed by atoms with E-state index in [0.717, 1.165) is 13.1 Å². The molecule has 5 aliphatic rings. The number of hydrogen-bond acceptors (Lipinski definition) is 6. The molecule has 0 radical (unpaired) electrons. The van der Waals surface area contributed by atoms with Gasteiger partial charge in [-0.2, -0.15) is 4.98 Å². The van der Waals surface area contributed by atoms with Crippen LogP contribution in [0.3, 0.4) is 0 Å². The van der Waals surface area contributed by atoms with Gasteiger partial charge in [0.1, 0.15) is 12.2 Å². The van der Waals surface area contributed by atoms with Crippen molar-refractivity contribution in [3.05, 3.63) is 36.0 Å². The van der Waals surface area contributed by atoms with Crippen molar-refractivity contribution in [1.29, 1.82) is 0 Å². The Balaban J connectivity index is 1.20. The first-order chi connectivity index (χ1) is 20.0. The van der Waals surface area contributed by atoms with Crippen molar-refractivity contribution in [2.75, 3.05) is 26.2 Å². The lowest BCUT2D eigenvalue weighted by atomic mass is 9.73. The van der Waals surface area contributed by atoms with E-state index in [0.29, 0.717) is 63.0 Å². The monoisotopic (exact) mass is 590 g/mol. The van der Waals surface area contributed by atoms with Crippen molar-refractivity contribution in [2.24, 2.45) is 5.92 Å². The number of rotatable bonds is 6. The third-order valence-electron chi connectivity index (χ3n) is 10.5. The van der Waals surface area contributed by atoms with Crippen molar-refractivity contribution in [3.8, 4) is 0 Å². The van der Waals surface area contributed by atoms with Gasteiger partial charge in [-0.05, 0) is 52.9 Å². The number of aromatic nitrogens is 2. The van der Waals surface area contributed by atoms with Crippen molar-refractivity contribution in [3.63, 3.8) is 0 Å². The van der Waals surface area contributed by atoms with Crippen LogP contribution in [-0.4, -0.2) is 99.4 Å². The number of piperidine rings is 1. The number of amides is 2. The second kappa shape index (κ2) is 11.3. The Labute approximate surface area is 246 Å². The summed E-state index contributed by atoms with van der Waals surface area (Å²) in [5.41, 5.74) is -0.489. The van der Waals surface area contributed by atoms with Crippen LogP contribution in [0.1, 0.15) is 83.9 Å². The molecule has 11 heteroatoms. The average Bonchev–Trinajstić information content (AvgIpc) is 3.34. The minimum atomic E-state index is -2.99. The van der Waals surface area contributed by atoms with Gasteiger partial charge < -0.3 is 14.7 Å². The minimum Gasteiger partial charge on any atom is -0.339 e. The maximum atomic E-state index is 15.6. The first-order valence-corrected chi connectivity index (χ1v) is 15.7. The molecule has 6 rings (SSSR count). The topological polar surface area (TPSA) is 77.7 Å². The molecule has 2 unspecified atom stereocenters. The Morgan fingerprint density at radius 3 is 2.55 bits per heavy atom.